The molecule has 1 saturated carbocycles. The van der Waals surface area contributed by atoms with Gasteiger partial charge in [0.2, 0.25) is 11.8 Å². The van der Waals surface area contributed by atoms with E-state index in [9.17, 15) is 19.7 Å². The number of hydrogen-bond donors (Lipinski definition) is 1. The molecule has 1 heterocycles. The summed E-state index contributed by atoms with van der Waals surface area (Å²) in [6.45, 7) is 2.65. The van der Waals surface area contributed by atoms with Crippen molar-refractivity contribution in [2.75, 3.05) is 38.0 Å². The van der Waals surface area contributed by atoms with Crippen molar-refractivity contribution in [3.8, 4) is 0 Å². The van der Waals surface area contributed by atoms with Crippen LogP contribution in [0.25, 0.3) is 0 Å². The van der Waals surface area contributed by atoms with Gasteiger partial charge in [-0.3, -0.25) is 19.7 Å². The van der Waals surface area contributed by atoms with Gasteiger partial charge in [0, 0.05) is 51.1 Å². The lowest BCUT2D eigenvalue weighted by molar-refractivity contribution is -0.384. The van der Waals surface area contributed by atoms with Gasteiger partial charge in [0.25, 0.3) is 5.69 Å². The predicted molar refractivity (Wildman–Crippen MR) is 92.1 cm³/mol. The predicted octanol–water partition coefficient (Wildman–Crippen LogP) is 1.48. The number of benzene rings is 1. The minimum Gasteiger partial charge on any atom is -0.379 e. The van der Waals surface area contributed by atoms with Gasteiger partial charge in [0.1, 0.15) is 5.69 Å². The minimum absolute atomic E-state index is 0.00199. The molecule has 1 N–H and O–H groups in total. The Morgan fingerprint density at radius 3 is 2.40 bits per heavy atom. The number of hydrogen-bond acceptors (Lipinski definition) is 5. The quantitative estimate of drug-likeness (QED) is 0.622. The van der Waals surface area contributed by atoms with Gasteiger partial charge in [-0.1, -0.05) is 12.1 Å². The summed E-state index contributed by atoms with van der Waals surface area (Å²) in [4.78, 5) is 38.4. The van der Waals surface area contributed by atoms with E-state index in [4.69, 9.17) is 0 Å². The van der Waals surface area contributed by atoms with Gasteiger partial charge in [-0.05, 0) is 18.9 Å². The van der Waals surface area contributed by atoms with Gasteiger partial charge >= 0.3 is 0 Å². The highest BCUT2D eigenvalue weighted by Crippen LogP contribution is 2.31. The van der Waals surface area contributed by atoms with Gasteiger partial charge in [0.15, 0.2) is 0 Å². The van der Waals surface area contributed by atoms with Crippen molar-refractivity contribution in [3.63, 3.8) is 0 Å². The summed E-state index contributed by atoms with van der Waals surface area (Å²) in [7, 11) is 0. The van der Waals surface area contributed by atoms with Crippen LogP contribution in [0.4, 0.5) is 11.4 Å². The SMILES string of the molecule is O=C(CCNc1ccccc1[N+](=O)[O-])N1CCN(C(=O)C2CC2)CC1. The van der Waals surface area contributed by atoms with Gasteiger partial charge in [-0.15, -0.1) is 0 Å². The molecule has 0 radical (unpaired) electrons. The van der Waals surface area contributed by atoms with Crippen LogP contribution in [-0.2, 0) is 9.59 Å². The third kappa shape index (κ3) is 4.26. The molecule has 25 heavy (non-hydrogen) atoms. The lowest BCUT2D eigenvalue weighted by Gasteiger charge is -2.35. The normalized spacial score (nSPS) is 17.3. The Kier molecular flexibility index (Phi) is 5.16. The number of nitrogens with one attached hydrogen (secondary N) is 1. The molecule has 1 saturated heterocycles. The summed E-state index contributed by atoms with van der Waals surface area (Å²) >= 11 is 0. The number of anilines is 1. The summed E-state index contributed by atoms with van der Waals surface area (Å²) < 4.78 is 0. The van der Waals surface area contributed by atoms with Crippen molar-refractivity contribution in [1.29, 1.82) is 0 Å². The smallest absolute Gasteiger partial charge is 0.292 e. The monoisotopic (exact) mass is 346 g/mol. The van der Waals surface area contributed by atoms with Crippen molar-refractivity contribution in [3.05, 3.63) is 34.4 Å². The zero-order valence-corrected chi connectivity index (χ0v) is 14.0. The lowest BCUT2D eigenvalue weighted by Crippen LogP contribution is -2.51. The molecule has 0 unspecified atom stereocenters. The zero-order chi connectivity index (χ0) is 17.8. The average Bonchev–Trinajstić information content (AvgIpc) is 3.46. The zero-order valence-electron chi connectivity index (χ0n) is 14.0. The lowest BCUT2D eigenvalue weighted by atomic mass is 10.2. The Bertz CT molecular complexity index is 666. The summed E-state index contributed by atoms with van der Waals surface area (Å²) in [5.41, 5.74) is 0.419. The molecule has 8 heteroatoms. The first-order chi connectivity index (χ1) is 12.1. The highest BCUT2D eigenvalue weighted by atomic mass is 16.6. The van der Waals surface area contributed by atoms with Crippen molar-refractivity contribution in [2.45, 2.75) is 19.3 Å². The van der Waals surface area contributed by atoms with E-state index in [2.05, 4.69) is 5.32 Å². The van der Waals surface area contributed by atoms with Crippen molar-refractivity contribution >= 4 is 23.2 Å². The third-order valence-corrected chi connectivity index (χ3v) is 4.63. The molecule has 134 valence electrons. The fourth-order valence-corrected chi connectivity index (χ4v) is 3.01. The van der Waals surface area contributed by atoms with Crippen LogP contribution in [0.3, 0.4) is 0 Å². The number of carbonyl (C=O) groups is 2. The van der Waals surface area contributed by atoms with Crippen LogP contribution in [0.2, 0.25) is 0 Å². The molecular formula is C17H22N4O4. The fourth-order valence-electron chi connectivity index (χ4n) is 3.01. The molecule has 3 rings (SSSR count). The van der Waals surface area contributed by atoms with Crippen LogP contribution >= 0.6 is 0 Å². The standard InChI is InChI=1S/C17H22N4O4/c22-16(7-8-18-14-3-1-2-4-15(14)21(24)25)19-9-11-20(12-10-19)17(23)13-5-6-13/h1-4,13,18H,5-12H2. The number of nitro benzene ring substituents is 1. The maximum atomic E-state index is 12.3. The number of piperazine rings is 1. The minimum atomic E-state index is -0.444. The van der Waals surface area contributed by atoms with E-state index in [1.807, 2.05) is 4.90 Å². The largest absolute Gasteiger partial charge is 0.379 e. The maximum absolute atomic E-state index is 12.3. The number of para-hydroxylation sites is 2. The summed E-state index contributed by atoms with van der Waals surface area (Å²) in [5, 5.41) is 13.9. The third-order valence-electron chi connectivity index (χ3n) is 4.63. The first-order valence-electron chi connectivity index (χ1n) is 8.60. The van der Waals surface area contributed by atoms with Crippen LogP contribution in [0, 0.1) is 16.0 Å². The van der Waals surface area contributed by atoms with Crippen LogP contribution in [0.15, 0.2) is 24.3 Å². The Balaban J connectivity index is 1.43. The van der Waals surface area contributed by atoms with Crippen LogP contribution in [-0.4, -0.2) is 59.3 Å². The molecule has 0 spiro atoms. The topological polar surface area (TPSA) is 95.8 Å². The second kappa shape index (κ2) is 7.50. The number of nitro groups is 1. The van der Waals surface area contributed by atoms with E-state index >= 15 is 0 Å². The highest BCUT2D eigenvalue weighted by Gasteiger charge is 2.35. The Morgan fingerprint density at radius 2 is 1.76 bits per heavy atom. The summed E-state index contributed by atoms with van der Waals surface area (Å²) in [6, 6.07) is 6.38. The first-order valence-corrected chi connectivity index (χ1v) is 8.60. The molecule has 1 aromatic carbocycles. The van der Waals surface area contributed by atoms with Crippen LogP contribution < -0.4 is 5.32 Å². The van der Waals surface area contributed by atoms with E-state index in [0.717, 1.165) is 12.8 Å². The van der Waals surface area contributed by atoms with Gasteiger partial charge in [-0.2, -0.15) is 0 Å². The second-order valence-electron chi connectivity index (χ2n) is 6.43. The molecular weight excluding hydrogens is 324 g/mol. The van der Waals surface area contributed by atoms with Gasteiger partial charge < -0.3 is 15.1 Å². The van der Waals surface area contributed by atoms with Crippen molar-refractivity contribution < 1.29 is 14.5 Å². The molecule has 0 bridgehead atoms. The van der Waals surface area contributed by atoms with Gasteiger partial charge in [0.05, 0.1) is 4.92 Å². The van der Waals surface area contributed by atoms with Crippen molar-refractivity contribution in [2.24, 2.45) is 5.92 Å². The number of rotatable bonds is 6. The van der Waals surface area contributed by atoms with E-state index in [1.165, 1.54) is 6.07 Å². The van der Waals surface area contributed by atoms with Gasteiger partial charge in [-0.25, -0.2) is 0 Å². The maximum Gasteiger partial charge on any atom is 0.292 e. The number of carbonyl (C=O) groups excluding carboxylic acids is 2. The van der Waals surface area contributed by atoms with E-state index < -0.39 is 4.92 Å². The number of nitrogens with zero attached hydrogens (tertiary/aromatic N) is 3. The van der Waals surface area contributed by atoms with E-state index in [-0.39, 0.29) is 29.8 Å². The first kappa shape index (κ1) is 17.2. The molecule has 1 aliphatic heterocycles. The second-order valence-corrected chi connectivity index (χ2v) is 6.43. The molecule has 1 aromatic rings. The Morgan fingerprint density at radius 1 is 1.12 bits per heavy atom. The van der Waals surface area contributed by atoms with Crippen LogP contribution in [0.5, 0.6) is 0 Å². The molecule has 8 nitrogen and oxygen atoms in total. The highest BCUT2D eigenvalue weighted by molar-refractivity contribution is 5.82. The fraction of sp³-hybridized carbons (Fsp3) is 0.529. The molecule has 2 aliphatic rings. The summed E-state index contributed by atoms with van der Waals surface area (Å²) in [6.07, 6.45) is 2.26. The summed E-state index contributed by atoms with van der Waals surface area (Å²) in [5.74, 6) is 0.447. The van der Waals surface area contributed by atoms with E-state index in [1.54, 1.807) is 23.1 Å². The Labute approximate surface area is 145 Å². The molecule has 2 fully saturated rings. The van der Waals surface area contributed by atoms with Crippen molar-refractivity contribution in [1.82, 2.24) is 9.80 Å². The average molecular weight is 346 g/mol. The number of amides is 2. The molecule has 0 aromatic heterocycles. The molecule has 2 amide bonds. The Hall–Kier alpha value is -2.64. The van der Waals surface area contributed by atoms with E-state index in [0.29, 0.717) is 38.4 Å². The molecule has 0 atom stereocenters. The van der Waals surface area contributed by atoms with Crippen LogP contribution in [0.1, 0.15) is 19.3 Å². The molecule has 1 aliphatic carbocycles.